The van der Waals surface area contributed by atoms with Gasteiger partial charge in [-0.15, -0.1) is 12.4 Å². The number of aliphatic hydroxyl groups is 1. The summed E-state index contributed by atoms with van der Waals surface area (Å²) in [5, 5.41) is 12.8. The number of hydrogen-bond donors (Lipinski definition) is 1. The molecular formula is C25H24Cl2N2O. The Labute approximate surface area is 188 Å². The zero-order chi connectivity index (χ0) is 20.2. The second-order valence-electron chi connectivity index (χ2n) is 7.32. The third kappa shape index (κ3) is 5.18. The fourth-order valence-corrected chi connectivity index (χ4v) is 3.73. The van der Waals surface area contributed by atoms with Crippen LogP contribution in [0.5, 0.6) is 0 Å². The van der Waals surface area contributed by atoms with Crippen molar-refractivity contribution in [1.29, 1.82) is 0 Å². The molecule has 3 aromatic carbocycles. The maximum atomic E-state index is 11.1. The van der Waals surface area contributed by atoms with Gasteiger partial charge in [-0.2, -0.15) is 0 Å². The van der Waals surface area contributed by atoms with Crippen molar-refractivity contribution < 1.29 is 5.11 Å². The highest BCUT2D eigenvalue weighted by atomic mass is 35.5. The summed E-state index contributed by atoms with van der Waals surface area (Å²) >= 11 is 6.03. The largest absolute Gasteiger partial charge is 0.387 e. The van der Waals surface area contributed by atoms with Gasteiger partial charge < -0.3 is 5.11 Å². The first-order chi connectivity index (χ1) is 14.1. The molecule has 30 heavy (non-hydrogen) atoms. The predicted molar refractivity (Wildman–Crippen MR) is 127 cm³/mol. The maximum absolute atomic E-state index is 11.1. The topological polar surface area (TPSA) is 36.4 Å². The summed E-state index contributed by atoms with van der Waals surface area (Å²) in [6.45, 7) is 1.31. The van der Waals surface area contributed by atoms with E-state index in [1.165, 1.54) is 5.56 Å². The van der Waals surface area contributed by atoms with Crippen molar-refractivity contribution in [2.75, 3.05) is 13.6 Å². The summed E-state index contributed by atoms with van der Waals surface area (Å²) in [5.41, 5.74) is 4.80. The Morgan fingerprint density at radius 1 is 0.933 bits per heavy atom. The van der Waals surface area contributed by atoms with E-state index < -0.39 is 6.10 Å². The third-order valence-corrected chi connectivity index (χ3v) is 5.28. The van der Waals surface area contributed by atoms with Crippen molar-refractivity contribution in [1.82, 2.24) is 9.88 Å². The molecule has 0 spiro atoms. The summed E-state index contributed by atoms with van der Waals surface area (Å²) in [4.78, 5) is 6.93. The number of pyridine rings is 1. The van der Waals surface area contributed by atoms with Gasteiger partial charge in [0, 0.05) is 29.1 Å². The molecular weight excluding hydrogens is 415 g/mol. The van der Waals surface area contributed by atoms with Crippen LogP contribution < -0.4 is 0 Å². The van der Waals surface area contributed by atoms with Gasteiger partial charge in [0.2, 0.25) is 0 Å². The number of aromatic nitrogens is 1. The lowest BCUT2D eigenvalue weighted by atomic mass is 10.00. The van der Waals surface area contributed by atoms with E-state index in [9.17, 15) is 5.11 Å². The van der Waals surface area contributed by atoms with E-state index in [4.69, 9.17) is 16.6 Å². The minimum atomic E-state index is -0.623. The number of para-hydroxylation sites is 1. The van der Waals surface area contributed by atoms with Gasteiger partial charge in [0.05, 0.1) is 17.3 Å². The number of benzene rings is 3. The Balaban J connectivity index is 0.00000256. The van der Waals surface area contributed by atoms with Gasteiger partial charge in [-0.05, 0) is 42.4 Å². The zero-order valence-corrected chi connectivity index (χ0v) is 18.3. The molecule has 5 heteroatoms. The smallest absolute Gasteiger partial charge is 0.0924 e. The van der Waals surface area contributed by atoms with E-state index >= 15 is 0 Å². The van der Waals surface area contributed by atoms with Gasteiger partial charge in [-0.3, -0.25) is 4.90 Å². The van der Waals surface area contributed by atoms with E-state index in [2.05, 4.69) is 17.0 Å². The molecule has 0 fully saturated rings. The minimum Gasteiger partial charge on any atom is -0.387 e. The molecule has 1 N–H and O–H groups in total. The second kappa shape index (κ2) is 10.1. The van der Waals surface area contributed by atoms with Gasteiger partial charge in [0.15, 0.2) is 0 Å². The van der Waals surface area contributed by atoms with Crippen LogP contribution in [0.25, 0.3) is 22.2 Å². The highest BCUT2D eigenvalue weighted by Crippen LogP contribution is 2.29. The fraction of sp³-hybridized carbons (Fsp3) is 0.160. The van der Waals surface area contributed by atoms with E-state index in [-0.39, 0.29) is 12.4 Å². The Morgan fingerprint density at radius 3 is 2.33 bits per heavy atom. The van der Waals surface area contributed by atoms with Crippen LogP contribution in [0.1, 0.15) is 17.2 Å². The second-order valence-corrected chi connectivity index (χ2v) is 7.76. The number of likely N-dealkylation sites (N-methyl/N-ethyl adjacent to an activating group) is 1. The van der Waals surface area contributed by atoms with Crippen LogP contribution in [0, 0.1) is 0 Å². The Kier molecular flexibility index (Phi) is 7.46. The molecule has 3 nitrogen and oxygen atoms in total. The lowest BCUT2D eigenvalue weighted by molar-refractivity contribution is 0.125. The lowest BCUT2D eigenvalue weighted by Crippen LogP contribution is -2.24. The van der Waals surface area contributed by atoms with Crippen molar-refractivity contribution in [3.05, 3.63) is 101 Å². The molecule has 1 heterocycles. The number of rotatable bonds is 6. The lowest BCUT2D eigenvalue weighted by Gasteiger charge is -2.22. The molecule has 4 aromatic rings. The van der Waals surface area contributed by atoms with Crippen LogP contribution in [-0.4, -0.2) is 28.6 Å². The average Bonchev–Trinajstić information content (AvgIpc) is 2.74. The van der Waals surface area contributed by atoms with Crippen LogP contribution in [0.2, 0.25) is 5.02 Å². The summed E-state index contributed by atoms with van der Waals surface area (Å²) in [7, 11) is 2.03. The number of fused-ring (bicyclic) bond motifs is 1. The molecule has 0 aliphatic carbocycles. The van der Waals surface area contributed by atoms with Gasteiger partial charge in [-0.1, -0.05) is 72.3 Å². The molecule has 0 aliphatic heterocycles. The Morgan fingerprint density at radius 2 is 1.60 bits per heavy atom. The molecule has 0 amide bonds. The fourth-order valence-electron chi connectivity index (χ4n) is 3.60. The van der Waals surface area contributed by atoms with Crippen molar-refractivity contribution in [3.63, 3.8) is 0 Å². The molecule has 1 atom stereocenters. The SMILES string of the molecule is CN(Cc1ccccc1)CC(O)c1cc(-c2ccc(Cl)cc2)nc2ccccc12.Cl. The normalized spacial score (nSPS) is 12.0. The van der Waals surface area contributed by atoms with Crippen LogP contribution in [0.3, 0.4) is 0 Å². The monoisotopic (exact) mass is 438 g/mol. The van der Waals surface area contributed by atoms with Crippen LogP contribution in [0.4, 0.5) is 0 Å². The van der Waals surface area contributed by atoms with E-state index in [0.717, 1.165) is 34.3 Å². The van der Waals surface area contributed by atoms with Crippen molar-refractivity contribution >= 4 is 34.9 Å². The molecule has 0 saturated heterocycles. The first kappa shape index (κ1) is 22.3. The number of hydrogen-bond acceptors (Lipinski definition) is 3. The van der Waals surface area contributed by atoms with Crippen LogP contribution >= 0.6 is 24.0 Å². The standard InChI is InChI=1S/C25H23ClN2O.ClH/c1-28(16-18-7-3-2-4-8-18)17-25(29)22-15-24(19-11-13-20(26)14-12-19)27-23-10-6-5-9-21(22)23;/h2-15,25,29H,16-17H2,1H3;1H. The first-order valence-electron chi connectivity index (χ1n) is 9.66. The number of aliphatic hydroxyl groups excluding tert-OH is 1. The average molecular weight is 439 g/mol. The molecule has 1 unspecified atom stereocenters. The summed E-state index contributed by atoms with van der Waals surface area (Å²) in [5.74, 6) is 0. The Bertz CT molecular complexity index is 1100. The molecule has 1 aromatic heterocycles. The molecule has 0 saturated carbocycles. The molecule has 154 valence electrons. The van der Waals surface area contributed by atoms with Crippen LogP contribution in [-0.2, 0) is 6.54 Å². The first-order valence-corrected chi connectivity index (χ1v) is 10.0. The molecule has 0 bridgehead atoms. The number of halogens is 2. The Hall–Kier alpha value is -2.43. The zero-order valence-electron chi connectivity index (χ0n) is 16.7. The minimum absolute atomic E-state index is 0. The van der Waals surface area contributed by atoms with E-state index in [1.807, 2.05) is 79.8 Å². The van der Waals surface area contributed by atoms with Crippen molar-refractivity contribution in [3.8, 4) is 11.3 Å². The third-order valence-electron chi connectivity index (χ3n) is 5.03. The van der Waals surface area contributed by atoms with Crippen molar-refractivity contribution in [2.45, 2.75) is 12.6 Å². The molecule has 0 aliphatic rings. The van der Waals surface area contributed by atoms with Crippen LogP contribution in [0.15, 0.2) is 84.9 Å². The summed E-state index contributed by atoms with van der Waals surface area (Å²) < 4.78 is 0. The number of nitrogens with zero attached hydrogens (tertiary/aromatic N) is 2. The van der Waals surface area contributed by atoms with E-state index in [0.29, 0.717) is 11.6 Å². The predicted octanol–water partition coefficient (Wildman–Crippen LogP) is 6.14. The maximum Gasteiger partial charge on any atom is 0.0924 e. The van der Waals surface area contributed by atoms with Gasteiger partial charge in [0.25, 0.3) is 0 Å². The molecule has 0 radical (unpaired) electrons. The quantitative estimate of drug-likeness (QED) is 0.392. The molecule has 4 rings (SSSR count). The highest BCUT2D eigenvalue weighted by Gasteiger charge is 2.16. The van der Waals surface area contributed by atoms with Crippen molar-refractivity contribution in [2.24, 2.45) is 0 Å². The summed E-state index contributed by atoms with van der Waals surface area (Å²) in [6, 6.07) is 27.9. The van der Waals surface area contributed by atoms with Gasteiger partial charge >= 0.3 is 0 Å². The summed E-state index contributed by atoms with van der Waals surface area (Å²) in [6.07, 6.45) is -0.623. The van der Waals surface area contributed by atoms with E-state index in [1.54, 1.807) is 0 Å². The van der Waals surface area contributed by atoms with Gasteiger partial charge in [0.1, 0.15) is 0 Å². The highest BCUT2D eigenvalue weighted by molar-refractivity contribution is 6.30. The van der Waals surface area contributed by atoms with Gasteiger partial charge in [-0.25, -0.2) is 4.98 Å².